The summed E-state index contributed by atoms with van der Waals surface area (Å²) >= 11 is 2.60. The summed E-state index contributed by atoms with van der Waals surface area (Å²) < 4.78 is 18.3. The third kappa shape index (κ3) is 4.08. The fourth-order valence-electron chi connectivity index (χ4n) is 1.67. The van der Waals surface area contributed by atoms with Crippen molar-refractivity contribution >= 4 is 33.7 Å². The van der Waals surface area contributed by atoms with Gasteiger partial charge in [-0.05, 0) is 31.2 Å². The number of halogens is 1. The van der Waals surface area contributed by atoms with E-state index in [-0.39, 0.29) is 18.3 Å². The second-order valence-corrected chi connectivity index (χ2v) is 6.57. The summed E-state index contributed by atoms with van der Waals surface area (Å²) in [5.74, 6) is -0.125. The van der Waals surface area contributed by atoms with Crippen molar-refractivity contribution in [3.63, 3.8) is 0 Å². The maximum atomic E-state index is 12.8. The normalized spacial score (nSPS) is 10.5. The zero-order valence-electron chi connectivity index (χ0n) is 11.9. The van der Waals surface area contributed by atoms with Crippen LogP contribution in [0.15, 0.2) is 29.6 Å². The number of benzene rings is 1. The Morgan fingerprint density at radius 2 is 2.09 bits per heavy atom. The Morgan fingerprint density at radius 3 is 2.78 bits per heavy atom. The Kier molecular flexibility index (Phi) is 4.58. The number of ether oxygens (including phenoxy) is 1. The van der Waals surface area contributed by atoms with Gasteiger partial charge >= 0.3 is 0 Å². The van der Waals surface area contributed by atoms with Crippen LogP contribution in [0.4, 0.5) is 9.52 Å². The first-order valence-corrected chi connectivity index (χ1v) is 8.24. The van der Waals surface area contributed by atoms with E-state index in [1.165, 1.54) is 46.9 Å². The number of nitrogens with zero attached hydrogens (tertiary/aromatic N) is 3. The van der Waals surface area contributed by atoms with E-state index >= 15 is 0 Å². The van der Waals surface area contributed by atoms with Crippen LogP contribution in [0.3, 0.4) is 0 Å². The van der Waals surface area contributed by atoms with E-state index in [1.807, 2.05) is 0 Å². The molecule has 0 bridgehead atoms. The number of amides is 1. The minimum absolute atomic E-state index is 0.210. The van der Waals surface area contributed by atoms with Gasteiger partial charge in [-0.3, -0.25) is 10.1 Å². The standard InChI is InChI=1S/C14H11FN4O2S2/c1-8-18-19-14(23-8)17-13(20)11-7-22-12(16-11)6-21-10-4-2-9(15)3-5-10/h2-5,7H,6H2,1H3,(H,17,19,20). The Morgan fingerprint density at radius 1 is 1.30 bits per heavy atom. The van der Waals surface area contributed by atoms with E-state index < -0.39 is 0 Å². The van der Waals surface area contributed by atoms with E-state index in [0.29, 0.717) is 21.6 Å². The van der Waals surface area contributed by atoms with Crippen molar-refractivity contribution in [1.29, 1.82) is 0 Å². The van der Waals surface area contributed by atoms with Gasteiger partial charge in [0.1, 0.15) is 33.9 Å². The highest BCUT2D eigenvalue weighted by Crippen LogP contribution is 2.18. The van der Waals surface area contributed by atoms with Crippen molar-refractivity contribution < 1.29 is 13.9 Å². The quantitative estimate of drug-likeness (QED) is 0.764. The van der Waals surface area contributed by atoms with Gasteiger partial charge in [-0.2, -0.15) is 0 Å². The Labute approximate surface area is 139 Å². The molecule has 0 radical (unpaired) electrons. The third-order valence-electron chi connectivity index (χ3n) is 2.71. The zero-order valence-corrected chi connectivity index (χ0v) is 13.6. The molecule has 0 spiro atoms. The predicted octanol–water partition coefficient (Wildman–Crippen LogP) is 3.27. The van der Waals surface area contributed by atoms with Gasteiger partial charge in [0.05, 0.1) is 0 Å². The van der Waals surface area contributed by atoms with Crippen molar-refractivity contribution in [2.45, 2.75) is 13.5 Å². The van der Waals surface area contributed by atoms with Gasteiger partial charge in [0.15, 0.2) is 0 Å². The second kappa shape index (κ2) is 6.80. The molecule has 3 rings (SSSR count). The van der Waals surface area contributed by atoms with Gasteiger partial charge in [0, 0.05) is 5.38 Å². The summed E-state index contributed by atoms with van der Waals surface area (Å²) in [6.45, 7) is 2.02. The Bertz CT molecular complexity index is 816. The lowest BCUT2D eigenvalue weighted by atomic mass is 10.3. The number of aryl methyl sites for hydroxylation is 1. The van der Waals surface area contributed by atoms with Crippen LogP contribution in [0.2, 0.25) is 0 Å². The summed E-state index contributed by atoms with van der Waals surface area (Å²) in [6.07, 6.45) is 0. The molecule has 0 unspecified atom stereocenters. The van der Waals surface area contributed by atoms with Gasteiger partial charge in [0.25, 0.3) is 5.91 Å². The van der Waals surface area contributed by atoms with E-state index in [0.717, 1.165) is 5.01 Å². The lowest BCUT2D eigenvalue weighted by molar-refractivity contribution is 0.102. The van der Waals surface area contributed by atoms with Gasteiger partial charge in [0.2, 0.25) is 5.13 Å². The molecular formula is C14H11FN4O2S2. The average molecular weight is 350 g/mol. The minimum Gasteiger partial charge on any atom is -0.486 e. The summed E-state index contributed by atoms with van der Waals surface area (Å²) in [4.78, 5) is 16.2. The lowest BCUT2D eigenvalue weighted by Crippen LogP contribution is -2.12. The third-order valence-corrected chi connectivity index (χ3v) is 4.28. The molecule has 3 aromatic rings. The highest BCUT2D eigenvalue weighted by Gasteiger charge is 2.13. The molecule has 0 saturated carbocycles. The van der Waals surface area contributed by atoms with Crippen LogP contribution in [-0.4, -0.2) is 21.1 Å². The highest BCUT2D eigenvalue weighted by molar-refractivity contribution is 7.15. The number of aromatic nitrogens is 3. The number of hydrogen-bond donors (Lipinski definition) is 1. The summed E-state index contributed by atoms with van der Waals surface area (Å²) in [5, 5.41) is 13.8. The van der Waals surface area contributed by atoms with Crippen LogP contribution in [0.25, 0.3) is 0 Å². The molecule has 118 valence electrons. The van der Waals surface area contributed by atoms with E-state index in [4.69, 9.17) is 4.74 Å². The summed E-state index contributed by atoms with van der Waals surface area (Å²) in [7, 11) is 0. The zero-order chi connectivity index (χ0) is 16.2. The Balaban J connectivity index is 1.59. The smallest absolute Gasteiger partial charge is 0.276 e. The molecule has 6 nitrogen and oxygen atoms in total. The van der Waals surface area contributed by atoms with Gasteiger partial charge in [-0.1, -0.05) is 11.3 Å². The first kappa shape index (κ1) is 15.5. The summed E-state index contributed by atoms with van der Waals surface area (Å²) in [6, 6.07) is 5.71. The molecule has 0 aliphatic heterocycles. The number of nitrogens with one attached hydrogen (secondary N) is 1. The lowest BCUT2D eigenvalue weighted by Gasteiger charge is -2.03. The van der Waals surface area contributed by atoms with Gasteiger partial charge in [-0.25, -0.2) is 9.37 Å². The number of anilines is 1. The Hall–Kier alpha value is -2.39. The van der Waals surface area contributed by atoms with Crippen LogP contribution in [0.1, 0.15) is 20.5 Å². The van der Waals surface area contributed by atoms with Gasteiger partial charge < -0.3 is 4.74 Å². The van der Waals surface area contributed by atoms with Crippen LogP contribution in [-0.2, 0) is 6.61 Å². The topological polar surface area (TPSA) is 77.0 Å². The molecule has 2 heterocycles. The monoisotopic (exact) mass is 350 g/mol. The molecule has 23 heavy (non-hydrogen) atoms. The fourth-order valence-corrected chi connectivity index (χ4v) is 2.94. The summed E-state index contributed by atoms with van der Waals surface area (Å²) in [5.41, 5.74) is 0.292. The molecular weight excluding hydrogens is 339 g/mol. The van der Waals surface area contributed by atoms with E-state index in [1.54, 1.807) is 12.3 Å². The van der Waals surface area contributed by atoms with Crippen LogP contribution >= 0.6 is 22.7 Å². The van der Waals surface area contributed by atoms with Crippen LogP contribution in [0.5, 0.6) is 5.75 Å². The number of carbonyl (C=O) groups excluding carboxylic acids is 1. The van der Waals surface area contributed by atoms with Crippen LogP contribution < -0.4 is 10.1 Å². The van der Waals surface area contributed by atoms with Crippen molar-refractivity contribution in [3.8, 4) is 5.75 Å². The maximum absolute atomic E-state index is 12.8. The van der Waals surface area contributed by atoms with Crippen molar-refractivity contribution in [1.82, 2.24) is 15.2 Å². The van der Waals surface area contributed by atoms with Crippen LogP contribution in [0, 0.1) is 12.7 Å². The molecule has 0 atom stereocenters. The number of thiazole rings is 1. The molecule has 1 aromatic carbocycles. The molecule has 2 aromatic heterocycles. The fraction of sp³-hybridized carbons (Fsp3) is 0.143. The molecule has 1 amide bonds. The highest BCUT2D eigenvalue weighted by atomic mass is 32.1. The molecule has 0 aliphatic rings. The van der Waals surface area contributed by atoms with Crippen molar-refractivity contribution in [2.75, 3.05) is 5.32 Å². The minimum atomic E-state index is -0.342. The maximum Gasteiger partial charge on any atom is 0.276 e. The average Bonchev–Trinajstić information content (AvgIpc) is 3.16. The van der Waals surface area contributed by atoms with Gasteiger partial charge in [-0.15, -0.1) is 21.5 Å². The predicted molar refractivity (Wildman–Crippen MR) is 85.4 cm³/mol. The first-order valence-electron chi connectivity index (χ1n) is 6.54. The van der Waals surface area contributed by atoms with E-state index in [9.17, 15) is 9.18 Å². The number of carbonyl (C=O) groups is 1. The number of hydrogen-bond acceptors (Lipinski definition) is 7. The number of rotatable bonds is 5. The van der Waals surface area contributed by atoms with E-state index in [2.05, 4.69) is 20.5 Å². The van der Waals surface area contributed by atoms with Crippen molar-refractivity contribution in [2.24, 2.45) is 0 Å². The SMILES string of the molecule is Cc1nnc(NC(=O)c2csc(COc3ccc(F)cc3)n2)s1. The molecule has 0 aliphatic carbocycles. The second-order valence-electron chi connectivity index (χ2n) is 4.45. The molecule has 0 fully saturated rings. The molecule has 9 heteroatoms. The largest absolute Gasteiger partial charge is 0.486 e. The van der Waals surface area contributed by atoms with Crippen molar-refractivity contribution in [3.05, 3.63) is 51.2 Å². The molecule has 0 saturated heterocycles. The first-order chi connectivity index (χ1) is 11.1. The molecule has 1 N–H and O–H groups in total.